The van der Waals surface area contributed by atoms with Crippen LogP contribution < -0.4 is 0 Å². The fourth-order valence-electron chi connectivity index (χ4n) is 3.76. The van der Waals surface area contributed by atoms with Crippen molar-refractivity contribution in [1.82, 2.24) is 9.88 Å². The van der Waals surface area contributed by atoms with Gasteiger partial charge in [-0.3, -0.25) is 4.90 Å². The maximum Gasteiger partial charge on any atom is 0.354 e. The summed E-state index contributed by atoms with van der Waals surface area (Å²) < 4.78 is 0. The third kappa shape index (κ3) is 2.85. The Morgan fingerprint density at radius 1 is 1.25 bits per heavy atom. The lowest BCUT2D eigenvalue weighted by molar-refractivity contribution is 0.0690. The molecule has 1 saturated heterocycles. The Hall–Kier alpha value is -1.42. The normalized spacial score (nSPS) is 22.2. The van der Waals surface area contributed by atoms with Crippen LogP contribution in [0.25, 0.3) is 0 Å². The number of nitrogens with zero attached hydrogens (tertiary/aromatic N) is 2. The lowest BCUT2D eigenvalue weighted by atomic mass is 9.77. The quantitative estimate of drug-likeness (QED) is 0.920. The highest BCUT2D eigenvalue weighted by Crippen LogP contribution is 2.46. The van der Waals surface area contributed by atoms with Gasteiger partial charge in [-0.1, -0.05) is 12.8 Å². The van der Waals surface area contributed by atoms with Gasteiger partial charge in [0.2, 0.25) is 0 Å². The molecule has 2 aliphatic rings. The number of hydrogen-bond acceptors (Lipinski definition) is 3. The van der Waals surface area contributed by atoms with Crippen LogP contribution in [0.2, 0.25) is 0 Å². The van der Waals surface area contributed by atoms with Crippen molar-refractivity contribution >= 4 is 5.97 Å². The molecule has 1 aromatic rings. The number of likely N-dealkylation sites (tertiary alicyclic amines) is 1. The first-order valence-electron chi connectivity index (χ1n) is 7.58. The molecule has 1 N–H and O–H groups in total. The summed E-state index contributed by atoms with van der Waals surface area (Å²) in [5.41, 5.74) is 1.84. The monoisotopic (exact) mass is 274 g/mol. The summed E-state index contributed by atoms with van der Waals surface area (Å²) in [4.78, 5) is 17.3. The minimum absolute atomic E-state index is 0.145. The summed E-state index contributed by atoms with van der Waals surface area (Å²) in [6.07, 6.45) is 9.87. The van der Waals surface area contributed by atoms with Crippen LogP contribution in [0.4, 0.5) is 0 Å². The van der Waals surface area contributed by atoms with Gasteiger partial charge in [0.1, 0.15) is 5.69 Å². The summed E-state index contributed by atoms with van der Waals surface area (Å²) in [7, 11) is 0. The molecule has 4 heteroatoms. The molecule has 3 rings (SSSR count). The molecule has 0 amide bonds. The van der Waals surface area contributed by atoms with Gasteiger partial charge in [-0.15, -0.1) is 0 Å². The summed E-state index contributed by atoms with van der Waals surface area (Å²) in [6, 6.07) is 3.62. The molecule has 2 heterocycles. The van der Waals surface area contributed by atoms with Crippen LogP contribution in [0.5, 0.6) is 0 Å². The van der Waals surface area contributed by atoms with Crippen LogP contribution in [0.1, 0.15) is 54.6 Å². The van der Waals surface area contributed by atoms with Crippen LogP contribution in [0.3, 0.4) is 0 Å². The van der Waals surface area contributed by atoms with E-state index in [0.717, 1.165) is 25.2 Å². The van der Waals surface area contributed by atoms with Gasteiger partial charge in [0, 0.05) is 12.7 Å². The number of piperidine rings is 1. The van der Waals surface area contributed by atoms with Gasteiger partial charge in [0.25, 0.3) is 0 Å². The molecule has 0 bridgehead atoms. The van der Waals surface area contributed by atoms with Gasteiger partial charge in [-0.2, -0.15) is 0 Å². The van der Waals surface area contributed by atoms with Gasteiger partial charge < -0.3 is 5.11 Å². The largest absolute Gasteiger partial charge is 0.477 e. The number of carboxylic acid groups (broad SMARTS) is 1. The molecule has 20 heavy (non-hydrogen) atoms. The van der Waals surface area contributed by atoms with Crippen LogP contribution in [-0.4, -0.2) is 34.0 Å². The van der Waals surface area contributed by atoms with Crippen LogP contribution in [0, 0.1) is 5.41 Å². The highest BCUT2D eigenvalue weighted by molar-refractivity contribution is 5.85. The number of hydrogen-bond donors (Lipinski definition) is 1. The van der Waals surface area contributed by atoms with E-state index >= 15 is 0 Å². The van der Waals surface area contributed by atoms with Gasteiger partial charge in [0.05, 0.1) is 0 Å². The van der Waals surface area contributed by atoms with Crippen molar-refractivity contribution in [2.75, 3.05) is 13.1 Å². The number of carboxylic acids is 1. The Kier molecular flexibility index (Phi) is 3.74. The van der Waals surface area contributed by atoms with Crippen molar-refractivity contribution in [3.05, 3.63) is 29.6 Å². The Balaban J connectivity index is 1.59. The first-order chi connectivity index (χ1) is 9.67. The summed E-state index contributed by atoms with van der Waals surface area (Å²) in [5, 5.41) is 8.98. The Morgan fingerprint density at radius 3 is 2.60 bits per heavy atom. The molecule has 108 valence electrons. The number of pyridine rings is 1. The average Bonchev–Trinajstić information content (AvgIpc) is 2.90. The highest BCUT2D eigenvalue weighted by atomic mass is 16.4. The van der Waals surface area contributed by atoms with E-state index < -0.39 is 5.97 Å². The molecule has 4 nitrogen and oxygen atoms in total. The molecule has 1 aliphatic carbocycles. The number of aromatic nitrogens is 1. The second-order valence-corrected chi connectivity index (χ2v) is 6.34. The highest BCUT2D eigenvalue weighted by Gasteiger charge is 2.36. The van der Waals surface area contributed by atoms with Crippen LogP contribution >= 0.6 is 0 Å². The fourth-order valence-corrected chi connectivity index (χ4v) is 3.76. The van der Waals surface area contributed by atoms with E-state index in [1.165, 1.54) is 38.5 Å². The molecule has 0 atom stereocenters. The first kappa shape index (κ1) is 13.6. The van der Waals surface area contributed by atoms with Crippen LogP contribution in [-0.2, 0) is 6.54 Å². The minimum atomic E-state index is -0.949. The molecule has 0 aromatic carbocycles. The number of carbonyl (C=O) groups is 1. The van der Waals surface area contributed by atoms with Crippen molar-refractivity contribution in [2.45, 2.75) is 45.1 Å². The van der Waals surface area contributed by atoms with Crippen LogP contribution in [0.15, 0.2) is 18.3 Å². The SMILES string of the molecule is O=C(O)c1cc(CN2CCC3(CCCC3)CC2)ccn1. The Labute approximate surface area is 119 Å². The lowest BCUT2D eigenvalue weighted by Gasteiger charge is -2.39. The molecular weight excluding hydrogens is 252 g/mol. The zero-order valence-electron chi connectivity index (χ0n) is 11.8. The second kappa shape index (κ2) is 5.52. The lowest BCUT2D eigenvalue weighted by Crippen LogP contribution is -2.38. The molecule has 1 spiro atoms. The summed E-state index contributed by atoms with van der Waals surface area (Å²) in [5.74, 6) is -0.949. The predicted molar refractivity (Wildman–Crippen MR) is 76.6 cm³/mol. The van der Waals surface area contributed by atoms with Crippen molar-refractivity contribution in [3.8, 4) is 0 Å². The predicted octanol–water partition coefficient (Wildman–Crippen LogP) is 2.94. The molecule has 1 aromatic heterocycles. The Bertz CT molecular complexity index is 485. The van der Waals surface area contributed by atoms with Gasteiger partial charge >= 0.3 is 5.97 Å². The summed E-state index contributed by atoms with van der Waals surface area (Å²) in [6.45, 7) is 3.13. The van der Waals surface area contributed by atoms with Crippen molar-refractivity contribution in [2.24, 2.45) is 5.41 Å². The van der Waals surface area contributed by atoms with Crippen molar-refractivity contribution < 1.29 is 9.90 Å². The second-order valence-electron chi connectivity index (χ2n) is 6.34. The number of rotatable bonds is 3. The molecular formula is C16H22N2O2. The van der Waals surface area contributed by atoms with E-state index in [2.05, 4.69) is 9.88 Å². The molecule has 0 radical (unpaired) electrons. The fraction of sp³-hybridized carbons (Fsp3) is 0.625. The van der Waals surface area contributed by atoms with Gasteiger partial charge in [-0.05, 0) is 61.9 Å². The molecule has 0 unspecified atom stereocenters. The number of aromatic carboxylic acids is 1. The third-order valence-corrected chi connectivity index (χ3v) is 5.03. The minimum Gasteiger partial charge on any atom is -0.477 e. The topological polar surface area (TPSA) is 53.4 Å². The summed E-state index contributed by atoms with van der Waals surface area (Å²) >= 11 is 0. The van der Waals surface area contributed by atoms with E-state index in [1.807, 2.05) is 6.07 Å². The standard InChI is InChI=1S/C16H22N2O2/c19-15(20)14-11-13(3-8-17-14)12-18-9-6-16(7-10-18)4-1-2-5-16/h3,8,11H,1-2,4-7,9-10,12H2,(H,19,20). The maximum absolute atomic E-state index is 10.9. The zero-order valence-corrected chi connectivity index (χ0v) is 11.8. The van der Waals surface area contributed by atoms with Crippen molar-refractivity contribution in [1.29, 1.82) is 0 Å². The van der Waals surface area contributed by atoms with E-state index in [-0.39, 0.29) is 5.69 Å². The van der Waals surface area contributed by atoms with E-state index in [4.69, 9.17) is 5.11 Å². The molecule has 1 saturated carbocycles. The zero-order chi connectivity index (χ0) is 14.0. The third-order valence-electron chi connectivity index (χ3n) is 5.03. The molecule has 1 aliphatic heterocycles. The van der Waals surface area contributed by atoms with E-state index in [1.54, 1.807) is 12.3 Å². The first-order valence-corrected chi connectivity index (χ1v) is 7.58. The smallest absolute Gasteiger partial charge is 0.354 e. The van der Waals surface area contributed by atoms with E-state index in [9.17, 15) is 4.79 Å². The van der Waals surface area contributed by atoms with Gasteiger partial charge in [0.15, 0.2) is 0 Å². The van der Waals surface area contributed by atoms with Crippen molar-refractivity contribution in [3.63, 3.8) is 0 Å². The maximum atomic E-state index is 10.9. The average molecular weight is 274 g/mol. The Morgan fingerprint density at radius 2 is 1.95 bits per heavy atom. The van der Waals surface area contributed by atoms with E-state index in [0.29, 0.717) is 5.41 Å². The molecule has 2 fully saturated rings. The van der Waals surface area contributed by atoms with Gasteiger partial charge in [-0.25, -0.2) is 9.78 Å².